The molecule has 3 heteroatoms. The van der Waals surface area contributed by atoms with Gasteiger partial charge in [-0.15, -0.1) is 0 Å². The average Bonchev–Trinajstić information content (AvgIpc) is 2.21. The predicted octanol–water partition coefficient (Wildman–Crippen LogP) is 4.30. The molecule has 1 aromatic rings. The van der Waals surface area contributed by atoms with Crippen molar-refractivity contribution in [3.05, 3.63) is 33.8 Å². The molecule has 0 radical (unpaired) electrons. The third-order valence-corrected chi connectivity index (χ3v) is 3.34. The van der Waals surface area contributed by atoms with E-state index >= 15 is 0 Å². The molecule has 0 bridgehead atoms. The van der Waals surface area contributed by atoms with Crippen molar-refractivity contribution < 1.29 is 0 Å². The molecule has 0 aliphatic carbocycles. The van der Waals surface area contributed by atoms with E-state index in [1.807, 2.05) is 18.2 Å². The minimum absolute atomic E-state index is 0.208. The first-order chi connectivity index (χ1) is 7.49. The maximum absolute atomic E-state index is 6.07. The Hall–Kier alpha value is -0.240. The van der Waals surface area contributed by atoms with E-state index in [9.17, 15) is 0 Å². The largest absolute Gasteiger partial charge is 0.327 e. The van der Waals surface area contributed by atoms with E-state index in [2.05, 4.69) is 13.8 Å². The summed E-state index contributed by atoms with van der Waals surface area (Å²) in [4.78, 5) is 0. The summed E-state index contributed by atoms with van der Waals surface area (Å²) < 4.78 is 0. The Kier molecular flexibility index (Phi) is 5.60. The third-order valence-electron chi connectivity index (χ3n) is 2.60. The van der Waals surface area contributed by atoms with Gasteiger partial charge in [0.15, 0.2) is 0 Å². The van der Waals surface area contributed by atoms with Crippen molar-refractivity contribution in [1.82, 2.24) is 0 Å². The topological polar surface area (TPSA) is 26.0 Å². The van der Waals surface area contributed by atoms with Crippen LogP contribution in [0.5, 0.6) is 0 Å². The lowest BCUT2D eigenvalue weighted by atomic mass is 9.98. The highest BCUT2D eigenvalue weighted by Gasteiger charge is 2.07. The summed E-state index contributed by atoms with van der Waals surface area (Å²) in [6, 6.07) is 5.93. The standard InChI is InChI=1S/C13H19Cl2N/c1-9(2)3-5-11(16)7-10-4-6-12(14)13(15)8-10/h4,6,8-9,11H,3,5,7,16H2,1-2H3. The molecule has 16 heavy (non-hydrogen) atoms. The molecule has 0 saturated carbocycles. The van der Waals surface area contributed by atoms with E-state index < -0.39 is 0 Å². The fraction of sp³-hybridized carbons (Fsp3) is 0.538. The molecular formula is C13H19Cl2N. The lowest BCUT2D eigenvalue weighted by molar-refractivity contribution is 0.495. The summed E-state index contributed by atoms with van der Waals surface area (Å²) in [5.74, 6) is 0.708. The highest BCUT2D eigenvalue weighted by molar-refractivity contribution is 6.42. The third kappa shape index (κ3) is 4.73. The molecule has 0 amide bonds. The molecule has 90 valence electrons. The molecule has 1 rings (SSSR count). The van der Waals surface area contributed by atoms with Crippen LogP contribution < -0.4 is 5.73 Å². The molecule has 0 aliphatic heterocycles. The van der Waals surface area contributed by atoms with Crippen LogP contribution in [0.3, 0.4) is 0 Å². The maximum Gasteiger partial charge on any atom is 0.0595 e. The van der Waals surface area contributed by atoms with Gasteiger partial charge in [-0.1, -0.05) is 43.1 Å². The summed E-state index contributed by atoms with van der Waals surface area (Å²) in [5.41, 5.74) is 7.22. The lowest BCUT2D eigenvalue weighted by Gasteiger charge is -2.13. The van der Waals surface area contributed by atoms with E-state index in [-0.39, 0.29) is 6.04 Å². The van der Waals surface area contributed by atoms with Crippen LogP contribution in [0.2, 0.25) is 10.0 Å². The minimum Gasteiger partial charge on any atom is -0.327 e. The van der Waals surface area contributed by atoms with Gasteiger partial charge < -0.3 is 5.73 Å². The van der Waals surface area contributed by atoms with Gasteiger partial charge in [0.1, 0.15) is 0 Å². The quantitative estimate of drug-likeness (QED) is 0.839. The molecule has 1 unspecified atom stereocenters. The number of halogens is 2. The fourth-order valence-corrected chi connectivity index (χ4v) is 1.94. The second-order valence-corrected chi connectivity index (χ2v) is 5.50. The molecule has 0 aliphatic rings. The Balaban J connectivity index is 2.49. The van der Waals surface area contributed by atoms with Gasteiger partial charge in [-0.2, -0.15) is 0 Å². The van der Waals surface area contributed by atoms with Gasteiger partial charge in [-0.3, -0.25) is 0 Å². The van der Waals surface area contributed by atoms with Gasteiger partial charge >= 0.3 is 0 Å². The van der Waals surface area contributed by atoms with Crippen molar-refractivity contribution >= 4 is 23.2 Å². The molecule has 0 spiro atoms. The van der Waals surface area contributed by atoms with Crippen molar-refractivity contribution in [3.63, 3.8) is 0 Å². The van der Waals surface area contributed by atoms with E-state index in [1.165, 1.54) is 6.42 Å². The Labute approximate surface area is 108 Å². The van der Waals surface area contributed by atoms with E-state index in [4.69, 9.17) is 28.9 Å². The van der Waals surface area contributed by atoms with E-state index in [1.54, 1.807) is 0 Å². The van der Waals surface area contributed by atoms with Gasteiger partial charge in [0.05, 0.1) is 10.0 Å². The lowest BCUT2D eigenvalue weighted by Crippen LogP contribution is -2.23. The molecule has 1 atom stereocenters. The van der Waals surface area contributed by atoms with E-state index in [0.717, 1.165) is 18.4 Å². The normalized spacial score (nSPS) is 13.1. The van der Waals surface area contributed by atoms with Crippen LogP contribution in [0, 0.1) is 5.92 Å². The van der Waals surface area contributed by atoms with Crippen molar-refractivity contribution in [2.75, 3.05) is 0 Å². The highest BCUT2D eigenvalue weighted by atomic mass is 35.5. The van der Waals surface area contributed by atoms with Gasteiger partial charge in [0.2, 0.25) is 0 Å². The Bertz CT molecular complexity index is 337. The molecule has 0 heterocycles. The number of hydrogen-bond acceptors (Lipinski definition) is 1. The van der Waals surface area contributed by atoms with Crippen molar-refractivity contribution in [1.29, 1.82) is 0 Å². The van der Waals surface area contributed by atoms with Gasteiger partial charge in [0.25, 0.3) is 0 Å². The van der Waals surface area contributed by atoms with Crippen LogP contribution in [0.15, 0.2) is 18.2 Å². The zero-order valence-corrected chi connectivity index (χ0v) is 11.4. The Morgan fingerprint density at radius 1 is 1.12 bits per heavy atom. The Morgan fingerprint density at radius 3 is 2.38 bits per heavy atom. The molecule has 1 nitrogen and oxygen atoms in total. The fourth-order valence-electron chi connectivity index (χ4n) is 1.62. The van der Waals surface area contributed by atoms with Gasteiger partial charge in [-0.05, 0) is 42.9 Å². The zero-order valence-electron chi connectivity index (χ0n) is 9.84. The summed E-state index contributed by atoms with van der Waals surface area (Å²) in [5, 5.41) is 1.20. The number of nitrogens with two attached hydrogens (primary N) is 1. The minimum atomic E-state index is 0.208. The van der Waals surface area contributed by atoms with Crippen LogP contribution in [-0.4, -0.2) is 6.04 Å². The van der Waals surface area contributed by atoms with Gasteiger partial charge in [0, 0.05) is 6.04 Å². The van der Waals surface area contributed by atoms with E-state index in [0.29, 0.717) is 16.0 Å². The van der Waals surface area contributed by atoms with Crippen molar-refractivity contribution in [2.24, 2.45) is 11.7 Å². The van der Waals surface area contributed by atoms with Crippen LogP contribution >= 0.6 is 23.2 Å². The summed E-state index contributed by atoms with van der Waals surface area (Å²) in [6.07, 6.45) is 3.09. The Morgan fingerprint density at radius 2 is 1.81 bits per heavy atom. The van der Waals surface area contributed by atoms with Crippen LogP contribution in [0.4, 0.5) is 0 Å². The van der Waals surface area contributed by atoms with Crippen molar-refractivity contribution in [2.45, 2.75) is 39.2 Å². The maximum atomic E-state index is 6.07. The van der Waals surface area contributed by atoms with Gasteiger partial charge in [-0.25, -0.2) is 0 Å². The zero-order chi connectivity index (χ0) is 12.1. The molecule has 0 aromatic heterocycles. The molecular weight excluding hydrogens is 241 g/mol. The number of benzene rings is 1. The van der Waals surface area contributed by atoms with Crippen LogP contribution in [0.25, 0.3) is 0 Å². The second-order valence-electron chi connectivity index (χ2n) is 4.68. The first kappa shape index (κ1) is 13.8. The predicted molar refractivity (Wildman–Crippen MR) is 72.2 cm³/mol. The SMILES string of the molecule is CC(C)CCC(N)Cc1ccc(Cl)c(Cl)c1. The second kappa shape index (κ2) is 6.48. The first-order valence-corrected chi connectivity index (χ1v) is 6.44. The van der Waals surface area contributed by atoms with Crippen LogP contribution in [0.1, 0.15) is 32.3 Å². The number of rotatable bonds is 5. The molecule has 0 saturated heterocycles. The highest BCUT2D eigenvalue weighted by Crippen LogP contribution is 2.23. The number of hydrogen-bond donors (Lipinski definition) is 1. The van der Waals surface area contributed by atoms with Crippen LogP contribution in [-0.2, 0) is 6.42 Å². The van der Waals surface area contributed by atoms with Crippen molar-refractivity contribution in [3.8, 4) is 0 Å². The summed E-state index contributed by atoms with van der Waals surface area (Å²) in [6.45, 7) is 4.43. The average molecular weight is 260 g/mol. The molecule has 1 aromatic carbocycles. The summed E-state index contributed by atoms with van der Waals surface area (Å²) >= 11 is 11.8. The first-order valence-electron chi connectivity index (χ1n) is 5.68. The summed E-state index contributed by atoms with van der Waals surface area (Å²) in [7, 11) is 0. The monoisotopic (exact) mass is 259 g/mol. The molecule has 2 N–H and O–H groups in total. The molecule has 0 fully saturated rings. The smallest absolute Gasteiger partial charge is 0.0595 e.